The Labute approximate surface area is 134 Å². The predicted octanol–water partition coefficient (Wildman–Crippen LogP) is 3.81. The van der Waals surface area contributed by atoms with Gasteiger partial charge >= 0.3 is 0 Å². The number of hydrogen-bond acceptors (Lipinski definition) is 2. The van der Waals surface area contributed by atoms with E-state index in [1.165, 1.54) is 37.7 Å². The molecule has 3 nitrogen and oxygen atoms in total. The smallest absolute Gasteiger partial charge is 0.237 e. The number of nitrogens with one attached hydrogen (secondary N) is 2. The average molecular weight is 302 g/mol. The standard InChI is InChI=1S/C19H30N2O/c1-3-14-20-15(2)19(22)21-18(16-10-6-4-7-11-16)17-12-8-5-9-13-17/h4,6-7,10-11,15,17-18,20H,3,5,8-9,12-14H2,1-2H3,(H,21,22). The lowest BCUT2D eigenvalue weighted by atomic mass is 9.81. The molecular weight excluding hydrogens is 272 g/mol. The van der Waals surface area contributed by atoms with Gasteiger partial charge in [-0.15, -0.1) is 0 Å². The van der Waals surface area contributed by atoms with Crippen LogP contribution in [0.4, 0.5) is 0 Å². The van der Waals surface area contributed by atoms with E-state index in [9.17, 15) is 4.79 Å². The highest BCUT2D eigenvalue weighted by Gasteiger charge is 2.27. The second kappa shape index (κ2) is 8.94. The third-order valence-electron chi connectivity index (χ3n) is 4.67. The van der Waals surface area contributed by atoms with Crippen molar-refractivity contribution in [2.45, 2.75) is 64.5 Å². The van der Waals surface area contributed by atoms with Gasteiger partial charge in [0.05, 0.1) is 12.1 Å². The largest absolute Gasteiger partial charge is 0.348 e. The summed E-state index contributed by atoms with van der Waals surface area (Å²) in [6.45, 7) is 4.95. The van der Waals surface area contributed by atoms with Crippen LogP contribution in [0, 0.1) is 5.92 Å². The van der Waals surface area contributed by atoms with Crippen molar-refractivity contribution in [1.29, 1.82) is 0 Å². The summed E-state index contributed by atoms with van der Waals surface area (Å²) in [6, 6.07) is 10.5. The summed E-state index contributed by atoms with van der Waals surface area (Å²) in [7, 11) is 0. The predicted molar refractivity (Wildman–Crippen MR) is 91.7 cm³/mol. The molecule has 122 valence electrons. The topological polar surface area (TPSA) is 41.1 Å². The van der Waals surface area contributed by atoms with Crippen LogP contribution in [0.1, 0.15) is 64.0 Å². The van der Waals surface area contributed by atoms with Gasteiger partial charge in [-0.05, 0) is 44.2 Å². The van der Waals surface area contributed by atoms with E-state index in [2.05, 4.69) is 41.8 Å². The van der Waals surface area contributed by atoms with Crippen molar-refractivity contribution in [1.82, 2.24) is 10.6 Å². The van der Waals surface area contributed by atoms with Crippen LogP contribution in [-0.2, 0) is 4.79 Å². The molecule has 0 bridgehead atoms. The Kier molecular flexibility index (Phi) is 6.91. The zero-order valence-electron chi connectivity index (χ0n) is 14.0. The van der Waals surface area contributed by atoms with Crippen LogP contribution in [0.5, 0.6) is 0 Å². The highest BCUT2D eigenvalue weighted by Crippen LogP contribution is 2.34. The van der Waals surface area contributed by atoms with E-state index in [0.29, 0.717) is 5.92 Å². The first kappa shape index (κ1) is 17.0. The van der Waals surface area contributed by atoms with E-state index in [1.54, 1.807) is 0 Å². The van der Waals surface area contributed by atoms with Crippen molar-refractivity contribution in [3.63, 3.8) is 0 Å². The summed E-state index contributed by atoms with van der Waals surface area (Å²) < 4.78 is 0. The number of carbonyl (C=O) groups is 1. The van der Waals surface area contributed by atoms with Crippen LogP contribution in [0.25, 0.3) is 0 Å². The normalized spacial score (nSPS) is 18.6. The van der Waals surface area contributed by atoms with Crippen LogP contribution < -0.4 is 10.6 Å². The zero-order valence-corrected chi connectivity index (χ0v) is 14.0. The Hall–Kier alpha value is -1.35. The zero-order chi connectivity index (χ0) is 15.8. The number of carbonyl (C=O) groups excluding carboxylic acids is 1. The van der Waals surface area contributed by atoms with Crippen molar-refractivity contribution >= 4 is 5.91 Å². The van der Waals surface area contributed by atoms with Gasteiger partial charge in [0.1, 0.15) is 0 Å². The molecule has 1 aromatic rings. The molecule has 0 aromatic heterocycles. The first-order chi connectivity index (χ1) is 10.7. The van der Waals surface area contributed by atoms with Gasteiger partial charge < -0.3 is 10.6 Å². The molecule has 2 rings (SSSR count). The SMILES string of the molecule is CCCNC(C)C(=O)NC(c1ccccc1)C1CCCCC1. The van der Waals surface area contributed by atoms with Gasteiger partial charge in [-0.25, -0.2) is 0 Å². The van der Waals surface area contributed by atoms with Crippen molar-refractivity contribution in [2.24, 2.45) is 5.92 Å². The number of amides is 1. The molecule has 0 spiro atoms. The van der Waals surface area contributed by atoms with E-state index in [0.717, 1.165) is 13.0 Å². The maximum absolute atomic E-state index is 12.5. The lowest BCUT2D eigenvalue weighted by Gasteiger charge is -2.32. The van der Waals surface area contributed by atoms with E-state index in [1.807, 2.05) is 13.0 Å². The highest BCUT2D eigenvalue weighted by atomic mass is 16.2. The summed E-state index contributed by atoms with van der Waals surface area (Å²) in [6.07, 6.45) is 7.39. The van der Waals surface area contributed by atoms with E-state index >= 15 is 0 Å². The maximum atomic E-state index is 12.5. The van der Waals surface area contributed by atoms with Crippen molar-refractivity contribution in [3.8, 4) is 0 Å². The van der Waals surface area contributed by atoms with Gasteiger partial charge in [0, 0.05) is 0 Å². The minimum Gasteiger partial charge on any atom is -0.348 e. The fourth-order valence-electron chi connectivity index (χ4n) is 3.33. The average Bonchev–Trinajstić information content (AvgIpc) is 2.58. The fraction of sp³-hybridized carbons (Fsp3) is 0.632. The second-order valence-corrected chi connectivity index (χ2v) is 6.47. The fourth-order valence-corrected chi connectivity index (χ4v) is 3.33. The van der Waals surface area contributed by atoms with Gasteiger partial charge in [0.25, 0.3) is 0 Å². The Balaban J connectivity index is 2.05. The minimum atomic E-state index is -0.130. The summed E-state index contributed by atoms with van der Waals surface area (Å²) in [5.74, 6) is 0.686. The highest BCUT2D eigenvalue weighted by molar-refractivity contribution is 5.81. The molecule has 1 saturated carbocycles. The Bertz CT molecular complexity index is 440. The number of rotatable bonds is 7. The van der Waals surface area contributed by atoms with Crippen molar-refractivity contribution in [2.75, 3.05) is 6.54 Å². The third-order valence-corrected chi connectivity index (χ3v) is 4.67. The van der Waals surface area contributed by atoms with Crippen LogP contribution in [0.2, 0.25) is 0 Å². The number of benzene rings is 1. The molecule has 1 aromatic carbocycles. The third kappa shape index (κ3) is 4.84. The molecular formula is C19H30N2O. The van der Waals surface area contributed by atoms with Crippen LogP contribution >= 0.6 is 0 Å². The molecule has 22 heavy (non-hydrogen) atoms. The molecule has 0 aliphatic heterocycles. The van der Waals surface area contributed by atoms with E-state index in [-0.39, 0.29) is 18.0 Å². The van der Waals surface area contributed by atoms with Gasteiger partial charge in [0.2, 0.25) is 5.91 Å². The lowest BCUT2D eigenvalue weighted by Crippen LogP contribution is -2.45. The van der Waals surface area contributed by atoms with Crippen LogP contribution in [-0.4, -0.2) is 18.5 Å². The summed E-state index contributed by atoms with van der Waals surface area (Å²) in [4.78, 5) is 12.5. The minimum absolute atomic E-state index is 0.118. The van der Waals surface area contributed by atoms with Gasteiger partial charge in [-0.2, -0.15) is 0 Å². The Morgan fingerprint density at radius 2 is 1.86 bits per heavy atom. The lowest BCUT2D eigenvalue weighted by molar-refractivity contribution is -0.124. The maximum Gasteiger partial charge on any atom is 0.237 e. The molecule has 1 amide bonds. The van der Waals surface area contributed by atoms with E-state index < -0.39 is 0 Å². The molecule has 0 heterocycles. The Morgan fingerprint density at radius 1 is 1.18 bits per heavy atom. The monoisotopic (exact) mass is 302 g/mol. The van der Waals surface area contributed by atoms with Crippen LogP contribution in [0.15, 0.2) is 30.3 Å². The molecule has 2 unspecified atom stereocenters. The summed E-state index contributed by atoms with van der Waals surface area (Å²) in [5.41, 5.74) is 1.24. The first-order valence-electron chi connectivity index (χ1n) is 8.81. The van der Waals surface area contributed by atoms with Gasteiger partial charge in [-0.3, -0.25) is 4.79 Å². The van der Waals surface area contributed by atoms with E-state index in [4.69, 9.17) is 0 Å². The first-order valence-corrected chi connectivity index (χ1v) is 8.81. The Morgan fingerprint density at radius 3 is 2.50 bits per heavy atom. The van der Waals surface area contributed by atoms with Crippen LogP contribution in [0.3, 0.4) is 0 Å². The molecule has 1 fully saturated rings. The molecule has 2 N–H and O–H groups in total. The second-order valence-electron chi connectivity index (χ2n) is 6.47. The quantitative estimate of drug-likeness (QED) is 0.804. The van der Waals surface area contributed by atoms with Crippen molar-refractivity contribution in [3.05, 3.63) is 35.9 Å². The summed E-state index contributed by atoms with van der Waals surface area (Å²) in [5, 5.41) is 6.59. The van der Waals surface area contributed by atoms with Gasteiger partial charge in [0.15, 0.2) is 0 Å². The molecule has 2 atom stereocenters. The molecule has 0 saturated heterocycles. The van der Waals surface area contributed by atoms with Gasteiger partial charge in [-0.1, -0.05) is 56.5 Å². The molecule has 1 aliphatic rings. The molecule has 0 radical (unpaired) electrons. The summed E-state index contributed by atoms with van der Waals surface area (Å²) >= 11 is 0. The number of hydrogen-bond donors (Lipinski definition) is 2. The molecule has 3 heteroatoms. The molecule has 1 aliphatic carbocycles. The van der Waals surface area contributed by atoms with Crippen molar-refractivity contribution < 1.29 is 4.79 Å².